The summed E-state index contributed by atoms with van der Waals surface area (Å²) in [6, 6.07) is 27.3. The molecule has 12 nitrogen and oxygen atoms in total. The van der Waals surface area contributed by atoms with Crippen molar-refractivity contribution in [1.29, 1.82) is 0 Å². The molecule has 0 bridgehead atoms. The van der Waals surface area contributed by atoms with Crippen molar-refractivity contribution >= 4 is 17.9 Å². The molecule has 0 radical (unpaired) electrons. The number of unbranched alkanes of at least 4 members (excludes halogenated alkanes) is 3. The Kier molecular flexibility index (Phi) is 49.9. The fourth-order valence-corrected chi connectivity index (χ4v) is 3.48. The quantitative estimate of drug-likeness (QED) is 0.0403. The summed E-state index contributed by atoms with van der Waals surface area (Å²) in [6.45, 7) is 26.4. The Labute approximate surface area is 366 Å². The first kappa shape index (κ1) is 62.2. The zero-order valence-electron chi connectivity index (χ0n) is 38.0. The highest BCUT2D eigenvalue weighted by molar-refractivity contribution is 5.81. The van der Waals surface area contributed by atoms with E-state index in [2.05, 4.69) is 61.6 Å². The minimum Gasteiger partial charge on any atom is -0.491 e. The highest BCUT2D eigenvalue weighted by Gasteiger charge is 2.09. The molecule has 12 heteroatoms. The first-order chi connectivity index (χ1) is 29.5. The number of carbonyl (C=O) groups excluding carboxylic acids is 3. The van der Waals surface area contributed by atoms with Gasteiger partial charge in [0.05, 0.1) is 0 Å². The van der Waals surface area contributed by atoms with Crippen LogP contribution in [0.3, 0.4) is 0 Å². The Morgan fingerprint density at radius 3 is 0.852 bits per heavy atom. The topological polar surface area (TPSA) is 167 Å². The van der Waals surface area contributed by atoms with Crippen molar-refractivity contribution in [3.63, 3.8) is 0 Å². The molecule has 0 saturated carbocycles. The fraction of sp³-hybridized carbons (Fsp3) is 0.449. The van der Waals surface area contributed by atoms with Gasteiger partial charge in [-0.15, -0.1) is 0 Å². The lowest BCUT2D eigenvalue weighted by Crippen LogP contribution is -2.24. The molecule has 0 aliphatic heterocycles. The van der Waals surface area contributed by atoms with Crippen LogP contribution in [0.4, 0.5) is 0 Å². The van der Waals surface area contributed by atoms with E-state index in [4.69, 9.17) is 14.2 Å². The molecule has 0 amide bonds. The van der Waals surface area contributed by atoms with E-state index in [1.54, 1.807) is 36.4 Å². The van der Waals surface area contributed by atoms with Gasteiger partial charge in [-0.25, -0.2) is 14.4 Å². The molecular formula is C49H76O12. The Balaban J connectivity index is -0.000000349. The standard InChI is InChI=1S/3C12H14O4.C6H14.C3H8.2C2H6/c3*1-2-12(14)16-9-10(13)8-15-11-6-4-3-5-7-11;1-3-5-6-4-2;1-3-2;2*1-2/h3*2-7,10,13H,1,8-9H2;3-6H2,1-2H3;3H2,1-2H3;2*1-2H3. The molecule has 344 valence electrons. The van der Waals surface area contributed by atoms with Crippen LogP contribution in [0.1, 0.15) is 87.5 Å². The van der Waals surface area contributed by atoms with Crippen molar-refractivity contribution in [2.45, 2.75) is 106 Å². The number of rotatable bonds is 21. The van der Waals surface area contributed by atoms with Crippen LogP contribution in [0.5, 0.6) is 17.2 Å². The number of ether oxygens (including phenoxy) is 6. The molecule has 0 aromatic heterocycles. The van der Waals surface area contributed by atoms with Gasteiger partial charge in [0.1, 0.15) is 75.2 Å². The highest BCUT2D eigenvalue weighted by Crippen LogP contribution is 2.10. The summed E-state index contributed by atoms with van der Waals surface area (Å²) in [5.41, 5.74) is 0. The molecule has 3 N–H and O–H groups in total. The Bertz CT molecular complexity index is 1250. The van der Waals surface area contributed by atoms with Crippen molar-refractivity contribution in [2.75, 3.05) is 39.6 Å². The summed E-state index contributed by atoms with van der Waals surface area (Å²) in [6.07, 6.45) is 7.40. The third-order valence-corrected chi connectivity index (χ3v) is 6.27. The van der Waals surface area contributed by atoms with Crippen molar-refractivity contribution in [3.8, 4) is 17.2 Å². The normalized spacial score (nSPS) is 10.5. The maximum Gasteiger partial charge on any atom is 0.330 e. The van der Waals surface area contributed by atoms with Crippen LogP contribution in [0.15, 0.2) is 129 Å². The van der Waals surface area contributed by atoms with Crippen LogP contribution in [0.25, 0.3) is 0 Å². The summed E-state index contributed by atoms with van der Waals surface area (Å²) >= 11 is 0. The van der Waals surface area contributed by atoms with E-state index in [0.717, 1.165) is 18.2 Å². The van der Waals surface area contributed by atoms with Crippen LogP contribution >= 0.6 is 0 Å². The smallest absolute Gasteiger partial charge is 0.330 e. The average Bonchev–Trinajstić information content (AvgIpc) is 3.32. The number of hydrogen-bond donors (Lipinski definition) is 3. The van der Waals surface area contributed by atoms with Crippen LogP contribution in [0, 0.1) is 0 Å². The first-order valence-corrected chi connectivity index (χ1v) is 20.9. The van der Waals surface area contributed by atoms with E-state index in [-0.39, 0.29) is 39.6 Å². The summed E-state index contributed by atoms with van der Waals surface area (Å²) in [5.74, 6) is 0.320. The molecule has 3 aromatic rings. The Morgan fingerprint density at radius 1 is 0.459 bits per heavy atom. The molecule has 0 fully saturated rings. The third kappa shape index (κ3) is 45.5. The summed E-state index contributed by atoms with van der Waals surface area (Å²) < 4.78 is 29.8. The fourth-order valence-electron chi connectivity index (χ4n) is 3.48. The molecule has 0 aliphatic rings. The second kappa shape index (κ2) is 48.9. The number of hydrogen-bond acceptors (Lipinski definition) is 12. The maximum atomic E-state index is 10.7. The van der Waals surface area contributed by atoms with Gasteiger partial charge in [0.15, 0.2) is 0 Å². The minimum atomic E-state index is -0.843. The van der Waals surface area contributed by atoms with Gasteiger partial charge >= 0.3 is 17.9 Å². The predicted octanol–water partition coefficient (Wildman–Crippen LogP) is 9.52. The van der Waals surface area contributed by atoms with Gasteiger partial charge in [0.25, 0.3) is 0 Å². The van der Waals surface area contributed by atoms with E-state index in [9.17, 15) is 29.7 Å². The molecule has 3 unspecified atom stereocenters. The number of carbonyl (C=O) groups is 3. The van der Waals surface area contributed by atoms with Crippen LogP contribution in [-0.4, -0.2) is 91.2 Å². The molecule has 3 atom stereocenters. The number of aliphatic hydroxyl groups excluding tert-OH is 3. The zero-order valence-corrected chi connectivity index (χ0v) is 38.0. The predicted molar refractivity (Wildman–Crippen MR) is 246 cm³/mol. The number of esters is 3. The zero-order chi connectivity index (χ0) is 46.9. The largest absolute Gasteiger partial charge is 0.491 e. The molecule has 0 aliphatic carbocycles. The lowest BCUT2D eigenvalue weighted by atomic mass is 10.2. The van der Waals surface area contributed by atoms with Gasteiger partial charge in [-0.2, -0.15) is 0 Å². The SMILES string of the molecule is C=CC(=O)OCC(O)COc1ccccc1.C=CC(=O)OCC(O)COc1ccccc1.C=CC(=O)OCC(O)COc1ccccc1.CC.CC.CCC.CCCCCC. The van der Waals surface area contributed by atoms with Gasteiger partial charge < -0.3 is 43.7 Å². The average molecular weight is 857 g/mol. The van der Waals surface area contributed by atoms with Crippen molar-refractivity contribution in [1.82, 2.24) is 0 Å². The van der Waals surface area contributed by atoms with Crippen molar-refractivity contribution in [3.05, 3.63) is 129 Å². The van der Waals surface area contributed by atoms with Gasteiger partial charge in [-0.05, 0) is 36.4 Å². The monoisotopic (exact) mass is 857 g/mol. The van der Waals surface area contributed by atoms with E-state index in [1.807, 2.05) is 82.3 Å². The molecule has 61 heavy (non-hydrogen) atoms. The summed E-state index contributed by atoms with van der Waals surface area (Å²) in [4.78, 5) is 32.1. The van der Waals surface area contributed by atoms with Gasteiger partial charge in [0.2, 0.25) is 0 Å². The molecule has 0 spiro atoms. The second-order valence-electron chi connectivity index (χ2n) is 11.8. The third-order valence-electron chi connectivity index (χ3n) is 6.27. The van der Waals surface area contributed by atoms with Crippen LogP contribution in [0.2, 0.25) is 0 Å². The second-order valence-corrected chi connectivity index (χ2v) is 11.8. The van der Waals surface area contributed by atoms with E-state index < -0.39 is 36.2 Å². The Morgan fingerprint density at radius 2 is 0.672 bits per heavy atom. The van der Waals surface area contributed by atoms with Crippen molar-refractivity contribution < 1.29 is 58.1 Å². The number of aliphatic hydroxyl groups is 3. The summed E-state index contributed by atoms with van der Waals surface area (Å²) in [5, 5.41) is 28.3. The van der Waals surface area contributed by atoms with Crippen molar-refractivity contribution in [2.24, 2.45) is 0 Å². The summed E-state index contributed by atoms with van der Waals surface area (Å²) in [7, 11) is 0. The Hall–Kier alpha value is -5.43. The van der Waals surface area contributed by atoms with Gasteiger partial charge in [-0.1, -0.05) is 162 Å². The minimum absolute atomic E-state index is 0.0778. The number of benzene rings is 3. The molecular weight excluding hydrogens is 781 g/mol. The molecule has 0 heterocycles. The van der Waals surface area contributed by atoms with Gasteiger partial charge in [-0.3, -0.25) is 0 Å². The number of para-hydroxylation sites is 3. The molecule has 0 saturated heterocycles. The first-order valence-electron chi connectivity index (χ1n) is 20.9. The lowest BCUT2D eigenvalue weighted by molar-refractivity contribution is -0.142. The van der Waals surface area contributed by atoms with Crippen LogP contribution < -0.4 is 14.2 Å². The van der Waals surface area contributed by atoms with E-state index in [0.29, 0.717) is 17.2 Å². The van der Waals surface area contributed by atoms with E-state index in [1.165, 1.54) is 32.1 Å². The maximum absolute atomic E-state index is 10.7. The lowest BCUT2D eigenvalue weighted by Gasteiger charge is -2.11. The molecule has 3 aromatic carbocycles. The highest BCUT2D eigenvalue weighted by atomic mass is 16.6. The van der Waals surface area contributed by atoms with E-state index >= 15 is 0 Å². The van der Waals surface area contributed by atoms with Gasteiger partial charge in [0, 0.05) is 18.2 Å². The van der Waals surface area contributed by atoms with Crippen LogP contribution in [-0.2, 0) is 28.6 Å². The molecule has 3 rings (SSSR count).